The SMILES string of the molecule is COc1ncnc(-c2ccc(-c3nnc(O[C@H]4C[C@]5(C)CC[C@@H](N5)[C@H]4F)s3)c(O)c2)n1. The first-order chi connectivity index (χ1) is 14.9. The number of hydrogen-bond acceptors (Lipinski definition) is 10. The summed E-state index contributed by atoms with van der Waals surface area (Å²) >= 11 is 1.17. The molecular weight excluding hydrogens is 423 g/mol. The van der Waals surface area contributed by atoms with E-state index in [2.05, 4.69) is 37.4 Å². The summed E-state index contributed by atoms with van der Waals surface area (Å²) in [5.74, 6) is 0.369. The van der Waals surface area contributed by atoms with Crippen LogP contribution in [0.1, 0.15) is 26.2 Å². The lowest BCUT2D eigenvalue weighted by Gasteiger charge is -2.38. The maximum Gasteiger partial charge on any atom is 0.319 e. The van der Waals surface area contributed by atoms with Crippen molar-refractivity contribution in [3.8, 4) is 38.9 Å². The van der Waals surface area contributed by atoms with E-state index in [1.165, 1.54) is 30.8 Å². The third-order valence-corrected chi connectivity index (χ3v) is 6.66. The fourth-order valence-electron chi connectivity index (χ4n) is 4.25. The van der Waals surface area contributed by atoms with Gasteiger partial charge in [0, 0.05) is 23.6 Å². The van der Waals surface area contributed by atoms with Gasteiger partial charge in [-0.3, -0.25) is 0 Å². The molecule has 0 unspecified atom stereocenters. The zero-order chi connectivity index (χ0) is 21.6. The second kappa shape index (κ2) is 7.65. The molecule has 0 radical (unpaired) electrons. The van der Waals surface area contributed by atoms with E-state index in [-0.39, 0.29) is 23.3 Å². The lowest BCUT2D eigenvalue weighted by atomic mass is 9.90. The normalized spacial score (nSPS) is 27.3. The Morgan fingerprint density at radius 1 is 1.29 bits per heavy atom. The number of alkyl halides is 1. The number of nitrogens with zero attached hydrogens (tertiary/aromatic N) is 5. The molecule has 9 nitrogen and oxygen atoms in total. The molecule has 162 valence electrons. The summed E-state index contributed by atoms with van der Waals surface area (Å²) in [6, 6.07) is 5.01. The minimum absolute atomic E-state index is 0.00429. The molecule has 4 heterocycles. The van der Waals surface area contributed by atoms with Crippen LogP contribution in [0.15, 0.2) is 24.5 Å². The number of nitrogens with one attached hydrogen (secondary N) is 1. The lowest BCUT2D eigenvalue weighted by Crippen LogP contribution is -2.57. The van der Waals surface area contributed by atoms with E-state index in [4.69, 9.17) is 9.47 Å². The van der Waals surface area contributed by atoms with Crippen molar-refractivity contribution in [2.24, 2.45) is 0 Å². The number of phenols is 1. The first kappa shape index (κ1) is 20.0. The van der Waals surface area contributed by atoms with Crippen LogP contribution in [0.25, 0.3) is 22.0 Å². The number of benzene rings is 1. The Morgan fingerprint density at radius 2 is 2.16 bits per heavy atom. The van der Waals surface area contributed by atoms with Crippen LogP contribution >= 0.6 is 11.3 Å². The Hall–Kier alpha value is -2.92. The Kier molecular flexibility index (Phi) is 4.94. The molecule has 0 aliphatic carbocycles. The van der Waals surface area contributed by atoms with Crippen LogP contribution in [0.5, 0.6) is 17.0 Å². The zero-order valence-corrected chi connectivity index (χ0v) is 17.8. The van der Waals surface area contributed by atoms with Gasteiger partial charge in [0.15, 0.2) is 17.0 Å². The molecule has 2 aliphatic heterocycles. The molecule has 0 spiro atoms. The number of piperidine rings is 1. The highest BCUT2D eigenvalue weighted by Crippen LogP contribution is 2.40. The topological polar surface area (TPSA) is 115 Å². The van der Waals surface area contributed by atoms with Crippen LogP contribution in [0, 0.1) is 0 Å². The van der Waals surface area contributed by atoms with E-state index in [1.54, 1.807) is 12.1 Å². The average Bonchev–Trinajstić information content (AvgIpc) is 3.37. The molecule has 5 rings (SSSR count). The lowest BCUT2D eigenvalue weighted by molar-refractivity contribution is 0.0262. The maximum absolute atomic E-state index is 14.8. The Balaban J connectivity index is 1.35. The monoisotopic (exact) mass is 444 g/mol. The van der Waals surface area contributed by atoms with Gasteiger partial charge in [0.2, 0.25) is 0 Å². The van der Waals surface area contributed by atoms with Crippen LogP contribution < -0.4 is 14.8 Å². The number of fused-ring (bicyclic) bond motifs is 2. The predicted molar refractivity (Wildman–Crippen MR) is 111 cm³/mol. The van der Waals surface area contributed by atoms with Crippen molar-refractivity contribution in [3.63, 3.8) is 0 Å². The van der Waals surface area contributed by atoms with Crippen LogP contribution in [-0.2, 0) is 0 Å². The van der Waals surface area contributed by atoms with Crippen molar-refractivity contribution in [3.05, 3.63) is 24.5 Å². The van der Waals surface area contributed by atoms with Gasteiger partial charge in [-0.25, -0.2) is 9.37 Å². The van der Waals surface area contributed by atoms with E-state index < -0.39 is 12.3 Å². The molecule has 2 aliphatic rings. The highest BCUT2D eigenvalue weighted by atomic mass is 32.1. The van der Waals surface area contributed by atoms with Gasteiger partial charge in [-0.15, -0.1) is 5.10 Å². The van der Waals surface area contributed by atoms with Crippen LogP contribution in [-0.4, -0.2) is 61.2 Å². The van der Waals surface area contributed by atoms with Gasteiger partial charge in [0.25, 0.3) is 5.19 Å². The number of hydrogen-bond donors (Lipinski definition) is 2. The Morgan fingerprint density at radius 3 is 2.97 bits per heavy atom. The summed E-state index contributed by atoms with van der Waals surface area (Å²) in [4.78, 5) is 12.1. The molecule has 2 saturated heterocycles. The number of aromatic nitrogens is 5. The Labute approximate surface area is 181 Å². The Bertz CT molecular complexity index is 1110. The standard InChI is InChI=1S/C20H21FN6O3S/c1-20-6-5-12(25-20)15(21)14(8-20)30-19-27-26-17(31-19)11-4-3-10(7-13(11)28)16-22-9-23-18(24-16)29-2/h3-4,7,9,12,14-15,25,28H,5-6,8H2,1-2H3/t12-,14+,15-,20+/m1/s1. The summed E-state index contributed by atoms with van der Waals surface area (Å²) in [5.41, 5.74) is 0.991. The molecule has 0 amide bonds. The number of methoxy groups -OCH3 is 1. The van der Waals surface area contributed by atoms with Gasteiger partial charge in [-0.2, -0.15) is 9.97 Å². The van der Waals surface area contributed by atoms with Crippen molar-refractivity contribution in [1.29, 1.82) is 0 Å². The number of rotatable bonds is 5. The van der Waals surface area contributed by atoms with E-state index in [0.29, 0.717) is 33.6 Å². The smallest absolute Gasteiger partial charge is 0.319 e. The predicted octanol–water partition coefficient (Wildman–Crippen LogP) is 2.77. The van der Waals surface area contributed by atoms with E-state index in [1.807, 2.05) is 0 Å². The molecule has 4 atom stereocenters. The number of aromatic hydroxyl groups is 1. The fourth-order valence-corrected chi connectivity index (χ4v) is 5.04. The minimum Gasteiger partial charge on any atom is -0.507 e. The fraction of sp³-hybridized carbons (Fsp3) is 0.450. The number of ether oxygens (including phenoxy) is 2. The molecule has 3 aromatic rings. The highest BCUT2D eigenvalue weighted by molar-refractivity contribution is 7.16. The van der Waals surface area contributed by atoms with Crippen LogP contribution in [0.4, 0.5) is 4.39 Å². The van der Waals surface area contributed by atoms with E-state index in [0.717, 1.165) is 12.8 Å². The summed E-state index contributed by atoms with van der Waals surface area (Å²) in [6.45, 7) is 2.10. The van der Waals surface area contributed by atoms with Gasteiger partial charge >= 0.3 is 6.01 Å². The van der Waals surface area contributed by atoms with Gasteiger partial charge in [-0.05, 0) is 31.9 Å². The summed E-state index contributed by atoms with van der Waals surface area (Å²) < 4.78 is 25.6. The molecule has 2 aromatic heterocycles. The third-order valence-electron chi connectivity index (χ3n) is 5.81. The average molecular weight is 444 g/mol. The van der Waals surface area contributed by atoms with Gasteiger partial charge in [-0.1, -0.05) is 22.5 Å². The van der Waals surface area contributed by atoms with Gasteiger partial charge < -0.3 is 19.9 Å². The number of phenolic OH excluding ortho intramolecular Hbond substituents is 1. The van der Waals surface area contributed by atoms with Gasteiger partial charge in [0.1, 0.15) is 18.2 Å². The summed E-state index contributed by atoms with van der Waals surface area (Å²) in [5, 5.41) is 22.8. The van der Waals surface area contributed by atoms with E-state index >= 15 is 0 Å². The van der Waals surface area contributed by atoms with Crippen molar-refractivity contribution < 1.29 is 19.0 Å². The molecular formula is C20H21FN6O3S. The third kappa shape index (κ3) is 3.79. The molecule has 2 bridgehead atoms. The first-order valence-corrected chi connectivity index (χ1v) is 10.7. The van der Waals surface area contributed by atoms with Crippen molar-refractivity contribution in [2.75, 3.05) is 7.11 Å². The van der Waals surface area contributed by atoms with Crippen molar-refractivity contribution in [2.45, 2.75) is 50.0 Å². The molecule has 1 aromatic carbocycles. The molecule has 11 heteroatoms. The van der Waals surface area contributed by atoms with Gasteiger partial charge in [0.05, 0.1) is 12.7 Å². The van der Waals surface area contributed by atoms with Crippen LogP contribution in [0.2, 0.25) is 0 Å². The minimum atomic E-state index is -1.09. The van der Waals surface area contributed by atoms with Crippen molar-refractivity contribution >= 4 is 11.3 Å². The molecule has 2 N–H and O–H groups in total. The second-order valence-corrected chi connectivity index (χ2v) is 9.00. The largest absolute Gasteiger partial charge is 0.507 e. The first-order valence-electron chi connectivity index (χ1n) is 9.93. The maximum atomic E-state index is 14.8. The highest BCUT2D eigenvalue weighted by Gasteiger charge is 2.49. The zero-order valence-electron chi connectivity index (χ0n) is 16.9. The molecule has 0 saturated carbocycles. The van der Waals surface area contributed by atoms with E-state index in [9.17, 15) is 9.50 Å². The number of halogens is 1. The van der Waals surface area contributed by atoms with Crippen LogP contribution in [0.3, 0.4) is 0 Å². The second-order valence-electron chi connectivity index (χ2n) is 8.06. The molecule has 2 fully saturated rings. The quantitative estimate of drug-likeness (QED) is 0.613. The molecule has 31 heavy (non-hydrogen) atoms. The summed E-state index contributed by atoms with van der Waals surface area (Å²) in [7, 11) is 1.47. The van der Waals surface area contributed by atoms with Crippen molar-refractivity contribution in [1.82, 2.24) is 30.5 Å². The summed E-state index contributed by atoms with van der Waals surface area (Å²) in [6.07, 6.45) is 2.02.